The van der Waals surface area contributed by atoms with E-state index < -0.39 is 11.8 Å². The van der Waals surface area contributed by atoms with E-state index in [1.165, 1.54) is 18.2 Å². The van der Waals surface area contributed by atoms with E-state index in [0.717, 1.165) is 12.1 Å². The molecule has 74 valence electrons. The number of rotatable bonds is 3. The average molecular weight is 196 g/mol. The van der Waals surface area contributed by atoms with Gasteiger partial charge in [-0.15, -0.1) is 0 Å². The molecule has 4 heteroatoms. The third-order valence-corrected chi connectivity index (χ3v) is 1.65. The van der Waals surface area contributed by atoms with Gasteiger partial charge in [0.05, 0.1) is 0 Å². The lowest BCUT2D eigenvalue weighted by molar-refractivity contribution is -0.131. The molecule has 1 aromatic carbocycles. The van der Waals surface area contributed by atoms with Gasteiger partial charge >= 0.3 is 5.97 Å². The summed E-state index contributed by atoms with van der Waals surface area (Å²) in [4.78, 5) is 10.1. The highest BCUT2D eigenvalue weighted by Gasteiger charge is 2.00. The Hall–Kier alpha value is -1.84. The third kappa shape index (κ3) is 2.90. The van der Waals surface area contributed by atoms with E-state index in [2.05, 4.69) is 0 Å². The van der Waals surface area contributed by atoms with Crippen molar-refractivity contribution in [1.82, 2.24) is 0 Å². The number of phenols is 1. The Morgan fingerprint density at radius 3 is 2.79 bits per heavy atom. The first-order valence-electron chi connectivity index (χ1n) is 3.96. The second kappa shape index (κ2) is 4.41. The Kier molecular flexibility index (Phi) is 3.23. The molecule has 0 heterocycles. The molecule has 0 saturated heterocycles. The van der Waals surface area contributed by atoms with Gasteiger partial charge in [0, 0.05) is 12.1 Å². The summed E-state index contributed by atoms with van der Waals surface area (Å²) in [5.41, 5.74) is 0.490. The molecule has 3 nitrogen and oxygen atoms in total. The van der Waals surface area contributed by atoms with Gasteiger partial charge in [0.2, 0.25) is 0 Å². The summed E-state index contributed by atoms with van der Waals surface area (Å²) >= 11 is 0. The van der Waals surface area contributed by atoms with Gasteiger partial charge in [0.1, 0.15) is 11.6 Å². The van der Waals surface area contributed by atoms with Crippen molar-refractivity contribution in [2.75, 3.05) is 0 Å². The van der Waals surface area contributed by atoms with Crippen molar-refractivity contribution in [2.45, 2.75) is 6.42 Å². The van der Waals surface area contributed by atoms with Crippen LogP contribution >= 0.6 is 0 Å². The molecule has 0 spiro atoms. The molecule has 14 heavy (non-hydrogen) atoms. The first kappa shape index (κ1) is 10.2. The van der Waals surface area contributed by atoms with Crippen LogP contribution < -0.4 is 0 Å². The highest BCUT2D eigenvalue weighted by molar-refractivity contribution is 5.79. The Labute approximate surface area is 80.1 Å². The highest BCUT2D eigenvalue weighted by Crippen LogP contribution is 2.18. The van der Waals surface area contributed by atoms with E-state index in [-0.39, 0.29) is 12.2 Å². The molecule has 0 aliphatic rings. The SMILES string of the molecule is O=C(O)C=CCc1ccc(F)cc1O. The van der Waals surface area contributed by atoms with Crippen LogP contribution in [0.2, 0.25) is 0 Å². The van der Waals surface area contributed by atoms with Gasteiger partial charge in [-0.1, -0.05) is 12.1 Å². The van der Waals surface area contributed by atoms with E-state index in [4.69, 9.17) is 5.11 Å². The van der Waals surface area contributed by atoms with Crippen LogP contribution in [-0.4, -0.2) is 16.2 Å². The fourth-order valence-electron chi connectivity index (χ4n) is 0.996. The fourth-order valence-corrected chi connectivity index (χ4v) is 0.996. The maximum absolute atomic E-state index is 12.5. The molecule has 0 fully saturated rings. The summed E-state index contributed by atoms with van der Waals surface area (Å²) in [6.07, 6.45) is 2.62. The van der Waals surface area contributed by atoms with Crippen molar-refractivity contribution >= 4 is 5.97 Å². The average Bonchev–Trinajstić information content (AvgIpc) is 2.08. The lowest BCUT2D eigenvalue weighted by Crippen LogP contribution is -1.88. The van der Waals surface area contributed by atoms with Crippen molar-refractivity contribution < 1.29 is 19.4 Å². The molecule has 0 unspecified atom stereocenters. The summed E-state index contributed by atoms with van der Waals surface area (Å²) in [5.74, 6) is -1.74. The number of benzene rings is 1. The number of carboxylic acid groups (broad SMARTS) is 1. The third-order valence-electron chi connectivity index (χ3n) is 1.65. The second-order valence-corrected chi connectivity index (χ2v) is 2.72. The molecule has 1 aromatic rings. The summed E-state index contributed by atoms with van der Waals surface area (Å²) in [6.45, 7) is 0. The summed E-state index contributed by atoms with van der Waals surface area (Å²) in [6, 6.07) is 3.62. The lowest BCUT2D eigenvalue weighted by Gasteiger charge is -2.00. The molecule has 2 N–H and O–H groups in total. The number of allylic oxidation sites excluding steroid dienone is 1. The molecule has 1 rings (SSSR count). The van der Waals surface area contributed by atoms with Crippen molar-refractivity contribution in [3.05, 3.63) is 41.7 Å². The number of hydrogen-bond acceptors (Lipinski definition) is 2. The summed E-state index contributed by atoms with van der Waals surface area (Å²) in [5, 5.41) is 17.5. The smallest absolute Gasteiger partial charge is 0.327 e. The number of aliphatic carboxylic acids is 1. The number of hydrogen-bond donors (Lipinski definition) is 2. The number of aromatic hydroxyl groups is 1. The maximum Gasteiger partial charge on any atom is 0.327 e. The first-order chi connectivity index (χ1) is 6.59. The Balaban J connectivity index is 2.73. The number of halogens is 1. The fraction of sp³-hybridized carbons (Fsp3) is 0.100. The Morgan fingerprint density at radius 2 is 2.21 bits per heavy atom. The van der Waals surface area contributed by atoms with Gasteiger partial charge in [0.25, 0.3) is 0 Å². The first-order valence-corrected chi connectivity index (χ1v) is 3.96. The molecule has 0 bridgehead atoms. The molecule has 0 atom stereocenters. The minimum absolute atomic E-state index is 0.167. The van der Waals surface area contributed by atoms with E-state index in [1.807, 2.05) is 0 Å². The number of phenolic OH excluding ortho intramolecular Hbond substituents is 1. The van der Waals surface area contributed by atoms with Gasteiger partial charge in [-0.25, -0.2) is 9.18 Å². The van der Waals surface area contributed by atoms with E-state index in [1.54, 1.807) is 0 Å². The molecule has 0 aliphatic carbocycles. The maximum atomic E-state index is 12.5. The van der Waals surface area contributed by atoms with Gasteiger partial charge < -0.3 is 10.2 Å². The molecular formula is C10H9FO3. The Morgan fingerprint density at radius 1 is 1.50 bits per heavy atom. The van der Waals surface area contributed by atoms with Crippen LogP contribution in [0.15, 0.2) is 30.4 Å². The zero-order valence-corrected chi connectivity index (χ0v) is 7.27. The van der Waals surface area contributed by atoms with Crippen molar-refractivity contribution in [1.29, 1.82) is 0 Å². The summed E-state index contributed by atoms with van der Waals surface area (Å²) < 4.78 is 12.5. The van der Waals surface area contributed by atoms with Gasteiger partial charge in [-0.3, -0.25) is 0 Å². The van der Waals surface area contributed by atoms with Crippen LogP contribution in [0.1, 0.15) is 5.56 Å². The predicted molar refractivity (Wildman–Crippen MR) is 48.5 cm³/mol. The molecule has 0 amide bonds. The minimum Gasteiger partial charge on any atom is -0.508 e. The molecule has 0 saturated carbocycles. The largest absolute Gasteiger partial charge is 0.508 e. The van der Waals surface area contributed by atoms with Gasteiger partial charge in [-0.2, -0.15) is 0 Å². The Bertz CT molecular complexity index is 372. The van der Waals surface area contributed by atoms with Crippen LogP contribution in [-0.2, 0) is 11.2 Å². The molecular weight excluding hydrogens is 187 g/mol. The zero-order valence-electron chi connectivity index (χ0n) is 7.27. The van der Waals surface area contributed by atoms with Crippen LogP contribution in [0.25, 0.3) is 0 Å². The number of carboxylic acids is 1. The summed E-state index contributed by atoms with van der Waals surface area (Å²) in [7, 11) is 0. The standard InChI is InChI=1S/C10H9FO3/c11-8-5-4-7(9(12)6-8)2-1-3-10(13)14/h1,3-6,12H,2H2,(H,13,14). The highest BCUT2D eigenvalue weighted by atomic mass is 19.1. The van der Waals surface area contributed by atoms with Crippen LogP contribution in [0.5, 0.6) is 5.75 Å². The molecule has 0 aromatic heterocycles. The van der Waals surface area contributed by atoms with E-state index >= 15 is 0 Å². The van der Waals surface area contributed by atoms with Gasteiger partial charge in [0.15, 0.2) is 0 Å². The van der Waals surface area contributed by atoms with Crippen LogP contribution in [0, 0.1) is 5.82 Å². The normalized spacial score (nSPS) is 10.6. The minimum atomic E-state index is -1.05. The number of carbonyl (C=O) groups is 1. The van der Waals surface area contributed by atoms with Crippen molar-refractivity contribution in [3.63, 3.8) is 0 Å². The molecule has 0 radical (unpaired) electrons. The second-order valence-electron chi connectivity index (χ2n) is 2.72. The topological polar surface area (TPSA) is 57.5 Å². The monoisotopic (exact) mass is 196 g/mol. The van der Waals surface area contributed by atoms with Crippen molar-refractivity contribution in [2.24, 2.45) is 0 Å². The molecule has 0 aliphatic heterocycles. The van der Waals surface area contributed by atoms with E-state index in [9.17, 15) is 14.3 Å². The zero-order chi connectivity index (χ0) is 10.6. The quantitative estimate of drug-likeness (QED) is 0.723. The predicted octanol–water partition coefficient (Wildman–Crippen LogP) is 1.71. The van der Waals surface area contributed by atoms with Crippen molar-refractivity contribution in [3.8, 4) is 5.75 Å². The van der Waals surface area contributed by atoms with Crippen LogP contribution in [0.3, 0.4) is 0 Å². The van der Waals surface area contributed by atoms with Gasteiger partial charge in [-0.05, 0) is 18.1 Å². The van der Waals surface area contributed by atoms with E-state index in [0.29, 0.717) is 5.56 Å². The van der Waals surface area contributed by atoms with Crippen LogP contribution in [0.4, 0.5) is 4.39 Å². The lowest BCUT2D eigenvalue weighted by atomic mass is 10.1.